The first kappa shape index (κ1) is 21.9. The summed E-state index contributed by atoms with van der Waals surface area (Å²) in [4.78, 5) is 31.1. The van der Waals surface area contributed by atoms with Crippen LogP contribution in [0.15, 0.2) is 24.3 Å². The molecule has 3 rings (SSSR count). The van der Waals surface area contributed by atoms with E-state index in [1.165, 1.54) is 12.1 Å². The molecule has 6 nitrogen and oxygen atoms in total. The van der Waals surface area contributed by atoms with Gasteiger partial charge in [-0.05, 0) is 38.0 Å². The standard InChI is InChI=1S/C21H31FN4O2S/c1-4-18-19(27)26(20(29-18)16-5-7-17(22)8-6-16)14-11-24-9-12-25(13-10-24)21(28)23-15(2)3/h5-8,15,18,20H,4,9-14H2,1-3H3,(H,23,28)/t18-,20-/m1/s1. The molecule has 8 heteroatoms. The highest BCUT2D eigenvalue weighted by Crippen LogP contribution is 2.43. The van der Waals surface area contributed by atoms with E-state index in [-0.39, 0.29) is 34.4 Å². The molecular weight excluding hydrogens is 391 g/mol. The number of benzene rings is 1. The van der Waals surface area contributed by atoms with Gasteiger partial charge in [0.2, 0.25) is 5.91 Å². The fourth-order valence-electron chi connectivity index (χ4n) is 3.73. The average Bonchev–Trinajstić information content (AvgIpc) is 3.02. The molecule has 2 aliphatic heterocycles. The predicted molar refractivity (Wildman–Crippen MR) is 114 cm³/mol. The van der Waals surface area contributed by atoms with Gasteiger partial charge in [0.25, 0.3) is 0 Å². The molecule has 1 aromatic rings. The summed E-state index contributed by atoms with van der Waals surface area (Å²) < 4.78 is 13.3. The number of hydrogen-bond donors (Lipinski definition) is 1. The van der Waals surface area contributed by atoms with Crippen molar-refractivity contribution in [2.45, 2.75) is 43.9 Å². The topological polar surface area (TPSA) is 55.9 Å². The summed E-state index contributed by atoms with van der Waals surface area (Å²) in [6.07, 6.45) is 0.793. The van der Waals surface area contributed by atoms with E-state index in [2.05, 4.69) is 10.2 Å². The lowest BCUT2D eigenvalue weighted by atomic mass is 10.2. The van der Waals surface area contributed by atoms with E-state index in [1.807, 2.05) is 30.6 Å². The zero-order valence-electron chi connectivity index (χ0n) is 17.4. The molecule has 0 radical (unpaired) electrons. The van der Waals surface area contributed by atoms with Crippen molar-refractivity contribution in [2.75, 3.05) is 39.3 Å². The minimum atomic E-state index is -0.263. The lowest BCUT2D eigenvalue weighted by Crippen LogP contribution is -2.53. The maximum absolute atomic E-state index is 13.3. The van der Waals surface area contributed by atoms with Crippen molar-refractivity contribution in [2.24, 2.45) is 0 Å². The second-order valence-electron chi connectivity index (χ2n) is 7.90. The second-order valence-corrected chi connectivity index (χ2v) is 9.19. The highest BCUT2D eigenvalue weighted by Gasteiger charge is 2.40. The summed E-state index contributed by atoms with van der Waals surface area (Å²) in [5.74, 6) is -0.0946. The number of nitrogens with one attached hydrogen (secondary N) is 1. The minimum Gasteiger partial charge on any atom is -0.336 e. The highest BCUT2D eigenvalue weighted by molar-refractivity contribution is 8.01. The molecule has 0 unspecified atom stereocenters. The van der Waals surface area contributed by atoms with E-state index >= 15 is 0 Å². The minimum absolute atomic E-state index is 0.00654. The lowest BCUT2D eigenvalue weighted by Gasteiger charge is -2.36. The van der Waals surface area contributed by atoms with Gasteiger partial charge in [0, 0.05) is 45.3 Å². The number of nitrogens with zero attached hydrogens (tertiary/aromatic N) is 3. The molecule has 3 amide bonds. The molecule has 1 N–H and O–H groups in total. The van der Waals surface area contributed by atoms with Gasteiger partial charge in [-0.2, -0.15) is 0 Å². The second kappa shape index (κ2) is 9.80. The van der Waals surface area contributed by atoms with Crippen molar-refractivity contribution in [3.05, 3.63) is 35.6 Å². The van der Waals surface area contributed by atoms with Crippen LogP contribution in [0, 0.1) is 5.82 Å². The van der Waals surface area contributed by atoms with Crippen molar-refractivity contribution >= 4 is 23.7 Å². The summed E-state index contributed by atoms with van der Waals surface area (Å²) in [6.45, 7) is 10.4. The van der Waals surface area contributed by atoms with Crippen LogP contribution in [0.1, 0.15) is 38.1 Å². The van der Waals surface area contributed by atoms with Gasteiger partial charge in [-0.3, -0.25) is 9.69 Å². The molecule has 0 aromatic heterocycles. The number of rotatable bonds is 6. The van der Waals surface area contributed by atoms with Crippen LogP contribution < -0.4 is 5.32 Å². The number of halogens is 1. The van der Waals surface area contributed by atoms with Crippen LogP contribution in [-0.2, 0) is 4.79 Å². The number of amides is 3. The number of urea groups is 1. The smallest absolute Gasteiger partial charge is 0.317 e. The number of hydrogen-bond acceptors (Lipinski definition) is 4. The van der Waals surface area contributed by atoms with Crippen LogP contribution in [0.3, 0.4) is 0 Å². The third-order valence-corrected chi connectivity index (χ3v) is 7.04. The van der Waals surface area contributed by atoms with Gasteiger partial charge in [-0.1, -0.05) is 19.1 Å². The van der Waals surface area contributed by atoms with Crippen LogP contribution in [0.4, 0.5) is 9.18 Å². The van der Waals surface area contributed by atoms with Gasteiger partial charge in [-0.25, -0.2) is 9.18 Å². The van der Waals surface area contributed by atoms with Crippen LogP contribution in [0.5, 0.6) is 0 Å². The van der Waals surface area contributed by atoms with Crippen molar-refractivity contribution < 1.29 is 14.0 Å². The number of carbonyl (C=O) groups excluding carboxylic acids is 2. The normalized spacial score (nSPS) is 23.1. The lowest BCUT2D eigenvalue weighted by molar-refractivity contribution is -0.130. The van der Waals surface area contributed by atoms with E-state index in [4.69, 9.17) is 0 Å². The van der Waals surface area contributed by atoms with Crippen LogP contribution in [0.2, 0.25) is 0 Å². The first-order chi connectivity index (χ1) is 13.9. The summed E-state index contributed by atoms with van der Waals surface area (Å²) in [6, 6.07) is 6.59. The van der Waals surface area contributed by atoms with E-state index < -0.39 is 0 Å². The molecule has 29 heavy (non-hydrogen) atoms. The van der Waals surface area contributed by atoms with Gasteiger partial charge >= 0.3 is 6.03 Å². The molecule has 1 aromatic carbocycles. The van der Waals surface area contributed by atoms with Crippen molar-refractivity contribution in [3.8, 4) is 0 Å². The monoisotopic (exact) mass is 422 g/mol. The molecule has 0 aliphatic carbocycles. The summed E-state index contributed by atoms with van der Waals surface area (Å²) in [7, 11) is 0. The van der Waals surface area contributed by atoms with Crippen molar-refractivity contribution in [1.82, 2.24) is 20.0 Å². The Balaban J connectivity index is 1.56. The Labute approximate surface area is 176 Å². The fourth-order valence-corrected chi connectivity index (χ4v) is 5.16. The molecular formula is C21H31FN4O2S. The Kier molecular flexibility index (Phi) is 7.40. The summed E-state index contributed by atoms with van der Waals surface area (Å²) in [5, 5.41) is 2.83. The van der Waals surface area contributed by atoms with Gasteiger partial charge in [-0.15, -0.1) is 11.8 Å². The maximum atomic E-state index is 13.3. The van der Waals surface area contributed by atoms with E-state index in [1.54, 1.807) is 23.9 Å². The Bertz CT molecular complexity index is 707. The van der Waals surface area contributed by atoms with Gasteiger partial charge < -0.3 is 15.1 Å². The largest absolute Gasteiger partial charge is 0.336 e. The molecule has 160 valence electrons. The van der Waals surface area contributed by atoms with E-state index in [0.717, 1.165) is 31.6 Å². The SMILES string of the molecule is CC[C@H]1S[C@H](c2ccc(F)cc2)N(CCN2CCN(C(=O)NC(C)C)CC2)C1=O. The van der Waals surface area contributed by atoms with Gasteiger partial charge in [0.1, 0.15) is 11.2 Å². The number of piperazine rings is 1. The zero-order chi connectivity index (χ0) is 21.0. The molecule has 0 spiro atoms. The molecule has 2 fully saturated rings. The molecule has 2 saturated heterocycles. The predicted octanol–water partition coefficient (Wildman–Crippen LogP) is 2.91. The number of thioether (sulfide) groups is 1. The summed E-state index contributed by atoms with van der Waals surface area (Å²) >= 11 is 1.66. The van der Waals surface area contributed by atoms with Crippen LogP contribution >= 0.6 is 11.8 Å². The Morgan fingerprint density at radius 2 is 1.83 bits per heavy atom. The Morgan fingerprint density at radius 1 is 1.17 bits per heavy atom. The van der Waals surface area contributed by atoms with Crippen LogP contribution in [-0.4, -0.2) is 77.2 Å². The van der Waals surface area contributed by atoms with E-state index in [0.29, 0.717) is 19.6 Å². The molecule has 0 saturated carbocycles. The third kappa shape index (κ3) is 5.42. The van der Waals surface area contributed by atoms with Crippen molar-refractivity contribution in [3.63, 3.8) is 0 Å². The average molecular weight is 423 g/mol. The molecule has 2 heterocycles. The summed E-state index contributed by atoms with van der Waals surface area (Å²) in [5.41, 5.74) is 0.968. The van der Waals surface area contributed by atoms with Gasteiger partial charge in [0.05, 0.1) is 5.25 Å². The van der Waals surface area contributed by atoms with Crippen LogP contribution in [0.25, 0.3) is 0 Å². The Hall–Kier alpha value is -1.80. The number of carbonyl (C=O) groups is 2. The fraction of sp³-hybridized carbons (Fsp3) is 0.619. The highest BCUT2D eigenvalue weighted by atomic mass is 32.2. The molecule has 0 bridgehead atoms. The maximum Gasteiger partial charge on any atom is 0.317 e. The zero-order valence-corrected chi connectivity index (χ0v) is 18.3. The Morgan fingerprint density at radius 3 is 2.41 bits per heavy atom. The first-order valence-electron chi connectivity index (χ1n) is 10.4. The molecule has 2 atom stereocenters. The van der Waals surface area contributed by atoms with E-state index in [9.17, 15) is 14.0 Å². The quantitative estimate of drug-likeness (QED) is 0.766. The first-order valence-corrected chi connectivity index (χ1v) is 11.3. The molecule has 2 aliphatic rings. The third-order valence-electron chi connectivity index (χ3n) is 5.39. The van der Waals surface area contributed by atoms with Gasteiger partial charge in [0.15, 0.2) is 0 Å². The van der Waals surface area contributed by atoms with Crippen molar-refractivity contribution in [1.29, 1.82) is 0 Å².